The lowest BCUT2D eigenvalue weighted by Gasteiger charge is -2.23. The summed E-state index contributed by atoms with van der Waals surface area (Å²) in [6.45, 7) is 5.26. The smallest absolute Gasteiger partial charge is 0.408 e. The maximum atomic E-state index is 12.6. The number of carbonyl (C=O) groups excluding carboxylic acids is 5. The number of benzene rings is 1. The van der Waals surface area contributed by atoms with Crippen molar-refractivity contribution in [2.75, 3.05) is 6.54 Å². The van der Waals surface area contributed by atoms with E-state index in [0.29, 0.717) is 28.5 Å². The summed E-state index contributed by atoms with van der Waals surface area (Å²) in [6, 6.07) is 5.83. The van der Waals surface area contributed by atoms with Crippen LogP contribution >= 0.6 is 11.6 Å². The summed E-state index contributed by atoms with van der Waals surface area (Å²) in [6.07, 6.45) is -0.614. The van der Waals surface area contributed by atoms with Crippen molar-refractivity contribution in [2.24, 2.45) is 0 Å². The number of alkyl carbamates (subject to hydrolysis) is 2. The van der Waals surface area contributed by atoms with Crippen molar-refractivity contribution in [2.45, 2.75) is 71.1 Å². The Morgan fingerprint density at radius 3 is 2.34 bits per heavy atom. The highest BCUT2D eigenvalue weighted by molar-refractivity contribution is 6.31. The molecule has 1 aromatic rings. The van der Waals surface area contributed by atoms with Crippen LogP contribution in [0.2, 0.25) is 5.02 Å². The first-order valence-electron chi connectivity index (χ1n) is 11.2. The fraction of sp³-hybridized carbons (Fsp3) is 0.522. The van der Waals surface area contributed by atoms with Gasteiger partial charge < -0.3 is 24.9 Å². The van der Waals surface area contributed by atoms with E-state index in [-0.39, 0.29) is 32.4 Å². The van der Waals surface area contributed by atoms with E-state index in [0.717, 1.165) is 0 Å². The molecular weight excluding hydrogens is 482 g/mol. The van der Waals surface area contributed by atoms with Gasteiger partial charge in [-0.05, 0) is 46.1 Å². The zero-order valence-electron chi connectivity index (χ0n) is 19.9. The normalized spacial score (nSPS) is 14.3. The van der Waals surface area contributed by atoms with E-state index in [1.807, 2.05) is 0 Å². The first-order valence-corrected chi connectivity index (χ1v) is 11.5. The van der Waals surface area contributed by atoms with Gasteiger partial charge in [0.2, 0.25) is 0 Å². The lowest BCUT2D eigenvalue weighted by Crippen LogP contribution is -2.46. The molecule has 11 nitrogen and oxygen atoms in total. The molecule has 0 aliphatic carbocycles. The third-order valence-electron chi connectivity index (χ3n) is 4.67. The Balaban J connectivity index is 1.81. The second-order valence-electron chi connectivity index (χ2n) is 8.78. The summed E-state index contributed by atoms with van der Waals surface area (Å²) >= 11 is 6.02. The van der Waals surface area contributed by atoms with Crippen LogP contribution < -0.4 is 10.6 Å². The maximum absolute atomic E-state index is 12.6. The summed E-state index contributed by atoms with van der Waals surface area (Å²) in [5, 5.41) is 5.91. The largest absolute Gasteiger partial charge is 0.445 e. The van der Waals surface area contributed by atoms with Crippen molar-refractivity contribution in [3.63, 3.8) is 0 Å². The second kappa shape index (κ2) is 12.9. The van der Waals surface area contributed by atoms with Crippen LogP contribution in [-0.4, -0.2) is 53.2 Å². The molecule has 0 saturated carbocycles. The molecule has 192 valence electrons. The van der Waals surface area contributed by atoms with Crippen LogP contribution in [-0.2, 0) is 35.3 Å². The number of rotatable bonds is 10. The molecule has 4 amide bonds. The van der Waals surface area contributed by atoms with Crippen LogP contribution in [0.5, 0.6) is 0 Å². The number of hydroxylamine groups is 2. The molecule has 1 aromatic carbocycles. The van der Waals surface area contributed by atoms with E-state index in [4.69, 9.17) is 25.9 Å². The number of hydrogen-bond donors (Lipinski definition) is 2. The minimum Gasteiger partial charge on any atom is -0.445 e. The summed E-state index contributed by atoms with van der Waals surface area (Å²) in [7, 11) is 0. The lowest BCUT2D eigenvalue weighted by atomic mass is 10.1. The molecule has 0 bridgehead atoms. The molecule has 1 saturated heterocycles. The van der Waals surface area contributed by atoms with E-state index < -0.39 is 41.6 Å². The number of ether oxygens (including phenoxy) is 2. The van der Waals surface area contributed by atoms with Crippen LogP contribution in [0.25, 0.3) is 0 Å². The van der Waals surface area contributed by atoms with Crippen molar-refractivity contribution in [1.29, 1.82) is 0 Å². The molecule has 2 N–H and O–H groups in total. The third-order valence-corrected chi connectivity index (χ3v) is 5.04. The van der Waals surface area contributed by atoms with Crippen molar-refractivity contribution >= 4 is 41.6 Å². The molecule has 35 heavy (non-hydrogen) atoms. The van der Waals surface area contributed by atoms with Gasteiger partial charge in [0.1, 0.15) is 18.2 Å². The van der Waals surface area contributed by atoms with E-state index in [1.165, 1.54) is 0 Å². The summed E-state index contributed by atoms with van der Waals surface area (Å²) in [5.74, 6) is -2.22. The molecule has 1 aliphatic heterocycles. The SMILES string of the molecule is CC(C)(C)OC(=O)N[C@H](CCCCNC(=O)OCc1ccccc1Cl)C(=O)ON1C(=O)CCC1=O. The Morgan fingerprint density at radius 2 is 1.71 bits per heavy atom. The Kier molecular flexibility index (Phi) is 10.3. The molecular formula is C23H30ClN3O8. The minimum absolute atomic E-state index is 0.0210. The predicted octanol–water partition coefficient (Wildman–Crippen LogP) is 3.24. The van der Waals surface area contributed by atoms with Crippen molar-refractivity contribution in [1.82, 2.24) is 15.7 Å². The van der Waals surface area contributed by atoms with Gasteiger partial charge in [-0.15, -0.1) is 5.06 Å². The van der Waals surface area contributed by atoms with Crippen LogP contribution in [0.4, 0.5) is 9.59 Å². The average molecular weight is 512 g/mol. The quantitative estimate of drug-likeness (QED) is 0.360. The van der Waals surface area contributed by atoms with Crippen LogP contribution in [0.1, 0.15) is 58.4 Å². The fourth-order valence-electron chi connectivity index (χ4n) is 2.98. The standard InChI is InChI=1S/C23H30ClN3O8/c1-23(2,3)34-22(32)26-17(20(30)35-27-18(28)11-12-19(27)29)10-6-7-13-25-21(31)33-14-15-8-4-5-9-16(15)24/h4-5,8-9,17H,6-7,10-14H2,1-3H3,(H,25,31)(H,26,32)/t17-/m1/s1. The highest BCUT2D eigenvalue weighted by Gasteiger charge is 2.35. The number of amides is 4. The van der Waals surface area contributed by atoms with E-state index in [2.05, 4.69) is 10.6 Å². The Labute approximate surface area is 208 Å². The van der Waals surface area contributed by atoms with Crippen LogP contribution in [0, 0.1) is 0 Å². The number of nitrogens with one attached hydrogen (secondary N) is 2. The Hall–Kier alpha value is -3.34. The van der Waals surface area contributed by atoms with E-state index in [9.17, 15) is 24.0 Å². The number of halogens is 1. The highest BCUT2D eigenvalue weighted by Crippen LogP contribution is 2.16. The molecule has 0 spiro atoms. The van der Waals surface area contributed by atoms with Gasteiger partial charge in [-0.2, -0.15) is 0 Å². The van der Waals surface area contributed by atoms with Crippen molar-refractivity contribution < 1.29 is 38.3 Å². The van der Waals surface area contributed by atoms with Gasteiger partial charge in [0.15, 0.2) is 0 Å². The van der Waals surface area contributed by atoms with Gasteiger partial charge >= 0.3 is 18.2 Å². The maximum Gasteiger partial charge on any atom is 0.408 e. The molecule has 0 radical (unpaired) electrons. The summed E-state index contributed by atoms with van der Waals surface area (Å²) in [4.78, 5) is 65.0. The van der Waals surface area contributed by atoms with Gasteiger partial charge in [-0.1, -0.05) is 29.8 Å². The topological polar surface area (TPSA) is 140 Å². The first kappa shape index (κ1) is 27.9. The van der Waals surface area contributed by atoms with Crippen LogP contribution in [0.3, 0.4) is 0 Å². The molecule has 2 rings (SSSR count). The van der Waals surface area contributed by atoms with Gasteiger partial charge in [0.25, 0.3) is 11.8 Å². The van der Waals surface area contributed by atoms with E-state index >= 15 is 0 Å². The molecule has 0 aromatic heterocycles. The van der Waals surface area contributed by atoms with Crippen LogP contribution in [0.15, 0.2) is 24.3 Å². The Morgan fingerprint density at radius 1 is 1.06 bits per heavy atom. The third kappa shape index (κ3) is 9.81. The molecule has 1 fully saturated rings. The summed E-state index contributed by atoms with van der Waals surface area (Å²) in [5.41, 5.74) is -0.123. The van der Waals surface area contributed by atoms with Crippen molar-refractivity contribution in [3.8, 4) is 0 Å². The molecule has 1 atom stereocenters. The lowest BCUT2D eigenvalue weighted by molar-refractivity contribution is -0.199. The molecule has 1 heterocycles. The minimum atomic E-state index is -1.17. The van der Waals surface area contributed by atoms with Gasteiger partial charge in [-0.3, -0.25) is 9.59 Å². The highest BCUT2D eigenvalue weighted by atomic mass is 35.5. The number of imide groups is 1. The summed E-state index contributed by atoms with van der Waals surface area (Å²) < 4.78 is 10.3. The molecule has 0 unspecified atom stereocenters. The average Bonchev–Trinajstić information content (AvgIpc) is 3.08. The zero-order valence-corrected chi connectivity index (χ0v) is 20.7. The monoisotopic (exact) mass is 511 g/mol. The number of nitrogens with zero attached hydrogens (tertiary/aromatic N) is 1. The number of carbonyl (C=O) groups is 5. The van der Waals surface area contributed by atoms with Gasteiger partial charge in [-0.25, -0.2) is 14.4 Å². The van der Waals surface area contributed by atoms with Crippen molar-refractivity contribution in [3.05, 3.63) is 34.9 Å². The number of hydrogen-bond acceptors (Lipinski definition) is 8. The van der Waals surface area contributed by atoms with E-state index in [1.54, 1.807) is 45.0 Å². The Bertz CT molecular complexity index is 931. The second-order valence-corrected chi connectivity index (χ2v) is 9.19. The van der Waals surface area contributed by atoms with Gasteiger partial charge in [0, 0.05) is 30.0 Å². The first-order chi connectivity index (χ1) is 16.5. The predicted molar refractivity (Wildman–Crippen MR) is 124 cm³/mol. The zero-order chi connectivity index (χ0) is 26.0. The van der Waals surface area contributed by atoms with Gasteiger partial charge in [0.05, 0.1) is 0 Å². The fourth-order valence-corrected chi connectivity index (χ4v) is 3.17. The molecule has 1 aliphatic rings. The molecule has 12 heteroatoms. The number of unbranched alkanes of at least 4 members (excludes halogenated alkanes) is 1.